The lowest BCUT2D eigenvalue weighted by Crippen LogP contribution is -1.98. The molecule has 1 heterocycles. The van der Waals surface area contributed by atoms with Crippen LogP contribution in [-0.4, -0.2) is 4.98 Å². The van der Waals surface area contributed by atoms with Crippen LogP contribution in [0.2, 0.25) is 0 Å². The standard InChI is InChI=1S/C15H10FN3O2/c16-11-2-1-3-13(10(11)7-17)20-8-15-19-12-5-4-9(18)6-14(12)21-15/h1-6H,8,18H2. The maximum absolute atomic E-state index is 13.4. The Morgan fingerprint density at radius 3 is 3.00 bits per heavy atom. The molecule has 1 aromatic heterocycles. The van der Waals surface area contributed by atoms with Crippen LogP contribution in [-0.2, 0) is 6.61 Å². The number of oxazole rings is 1. The fourth-order valence-electron chi connectivity index (χ4n) is 1.92. The SMILES string of the molecule is N#Cc1c(F)cccc1OCc1nc2ccc(N)cc2o1. The summed E-state index contributed by atoms with van der Waals surface area (Å²) in [5, 5.41) is 8.92. The number of nitrogen functional groups attached to an aromatic ring is 1. The first-order valence-electron chi connectivity index (χ1n) is 6.14. The van der Waals surface area contributed by atoms with Gasteiger partial charge in [0.15, 0.2) is 12.2 Å². The molecule has 104 valence electrons. The summed E-state index contributed by atoms with van der Waals surface area (Å²) in [5.41, 5.74) is 7.29. The third-order valence-electron chi connectivity index (χ3n) is 2.90. The average Bonchev–Trinajstić information content (AvgIpc) is 2.87. The van der Waals surface area contributed by atoms with Gasteiger partial charge >= 0.3 is 0 Å². The smallest absolute Gasteiger partial charge is 0.233 e. The van der Waals surface area contributed by atoms with Gasteiger partial charge in [-0.25, -0.2) is 9.37 Å². The molecule has 0 bridgehead atoms. The normalized spacial score (nSPS) is 10.5. The van der Waals surface area contributed by atoms with E-state index in [1.807, 2.05) is 0 Å². The third-order valence-corrected chi connectivity index (χ3v) is 2.90. The quantitative estimate of drug-likeness (QED) is 0.747. The van der Waals surface area contributed by atoms with E-state index in [1.165, 1.54) is 18.2 Å². The number of halogens is 1. The van der Waals surface area contributed by atoms with Crippen LogP contribution in [0.5, 0.6) is 5.75 Å². The minimum atomic E-state index is -0.625. The first-order valence-corrected chi connectivity index (χ1v) is 6.14. The molecular weight excluding hydrogens is 273 g/mol. The van der Waals surface area contributed by atoms with E-state index in [9.17, 15) is 4.39 Å². The summed E-state index contributed by atoms with van der Waals surface area (Å²) >= 11 is 0. The number of ether oxygens (including phenoxy) is 1. The monoisotopic (exact) mass is 283 g/mol. The summed E-state index contributed by atoms with van der Waals surface area (Å²) < 4.78 is 24.3. The molecule has 0 unspecified atom stereocenters. The van der Waals surface area contributed by atoms with Gasteiger partial charge < -0.3 is 14.9 Å². The Kier molecular flexibility index (Phi) is 3.16. The highest BCUT2D eigenvalue weighted by Gasteiger charge is 2.11. The molecule has 3 aromatic rings. The lowest BCUT2D eigenvalue weighted by molar-refractivity contribution is 0.265. The molecule has 0 aliphatic heterocycles. The number of rotatable bonds is 3. The van der Waals surface area contributed by atoms with Crippen LogP contribution in [0.25, 0.3) is 11.1 Å². The van der Waals surface area contributed by atoms with Crippen molar-refractivity contribution in [3.63, 3.8) is 0 Å². The van der Waals surface area contributed by atoms with Crippen molar-refractivity contribution in [1.29, 1.82) is 5.26 Å². The molecule has 0 amide bonds. The van der Waals surface area contributed by atoms with Crippen molar-refractivity contribution in [2.24, 2.45) is 0 Å². The van der Waals surface area contributed by atoms with Gasteiger partial charge in [-0.05, 0) is 24.3 Å². The van der Waals surface area contributed by atoms with Crippen LogP contribution >= 0.6 is 0 Å². The van der Waals surface area contributed by atoms with Gasteiger partial charge in [-0.3, -0.25) is 0 Å². The number of benzene rings is 2. The summed E-state index contributed by atoms with van der Waals surface area (Å²) in [5.74, 6) is -0.150. The van der Waals surface area contributed by atoms with Crippen LogP contribution in [0, 0.1) is 17.1 Å². The second-order valence-corrected chi connectivity index (χ2v) is 4.35. The number of hydrogen-bond acceptors (Lipinski definition) is 5. The van der Waals surface area contributed by atoms with Gasteiger partial charge in [-0.2, -0.15) is 5.26 Å². The van der Waals surface area contributed by atoms with Crippen LogP contribution in [0.3, 0.4) is 0 Å². The van der Waals surface area contributed by atoms with E-state index in [4.69, 9.17) is 20.1 Å². The number of nitrogens with two attached hydrogens (primary N) is 1. The molecule has 3 rings (SSSR count). The minimum Gasteiger partial charge on any atom is -0.482 e. The topological polar surface area (TPSA) is 85.1 Å². The van der Waals surface area contributed by atoms with E-state index in [1.54, 1.807) is 24.3 Å². The molecule has 0 fully saturated rings. The Hall–Kier alpha value is -3.07. The van der Waals surface area contributed by atoms with Crippen molar-refractivity contribution in [2.75, 3.05) is 5.73 Å². The molecule has 0 spiro atoms. The lowest BCUT2D eigenvalue weighted by atomic mass is 10.2. The van der Waals surface area contributed by atoms with Crippen molar-refractivity contribution < 1.29 is 13.5 Å². The summed E-state index contributed by atoms with van der Waals surface area (Å²) in [6.07, 6.45) is 0. The van der Waals surface area contributed by atoms with Gasteiger partial charge in [0.2, 0.25) is 5.89 Å². The predicted molar refractivity (Wildman–Crippen MR) is 73.9 cm³/mol. The van der Waals surface area contributed by atoms with Crippen molar-refractivity contribution in [3.8, 4) is 11.8 Å². The van der Waals surface area contributed by atoms with Crippen molar-refractivity contribution >= 4 is 16.8 Å². The van der Waals surface area contributed by atoms with E-state index in [0.717, 1.165) is 0 Å². The Balaban J connectivity index is 1.84. The fourth-order valence-corrected chi connectivity index (χ4v) is 1.92. The molecule has 0 saturated heterocycles. The van der Waals surface area contributed by atoms with Crippen molar-refractivity contribution in [3.05, 3.63) is 53.7 Å². The second-order valence-electron chi connectivity index (χ2n) is 4.35. The zero-order chi connectivity index (χ0) is 14.8. The molecule has 0 saturated carbocycles. The zero-order valence-electron chi connectivity index (χ0n) is 10.8. The van der Waals surface area contributed by atoms with E-state index < -0.39 is 5.82 Å². The summed E-state index contributed by atoms with van der Waals surface area (Å²) in [4.78, 5) is 4.22. The highest BCUT2D eigenvalue weighted by molar-refractivity contribution is 5.76. The molecule has 2 aromatic carbocycles. The number of hydrogen-bond donors (Lipinski definition) is 1. The van der Waals surface area contributed by atoms with E-state index in [2.05, 4.69) is 4.98 Å². The predicted octanol–water partition coefficient (Wildman–Crippen LogP) is 3.00. The average molecular weight is 283 g/mol. The van der Waals surface area contributed by atoms with Crippen LogP contribution in [0.4, 0.5) is 10.1 Å². The minimum absolute atomic E-state index is 0.00722. The molecule has 6 heteroatoms. The van der Waals surface area contributed by atoms with Gasteiger partial charge in [0, 0.05) is 11.8 Å². The number of fused-ring (bicyclic) bond motifs is 1. The largest absolute Gasteiger partial charge is 0.482 e. The summed E-state index contributed by atoms with van der Waals surface area (Å²) in [6, 6.07) is 11.1. The van der Waals surface area contributed by atoms with Gasteiger partial charge in [0.05, 0.1) is 0 Å². The molecule has 0 aliphatic carbocycles. The Morgan fingerprint density at radius 2 is 2.19 bits per heavy atom. The highest BCUT2D eigenvalue weighted by Crippen LogP contribution is 2.23. The molecule has 0 aliphatic rings. The number of nitrogens with zero attached hydrogens (tertiary/aromatic N) is 2. The molecule has 5 nitrogen and oxygen atoms in total. The van der Waals surface area contributed by atoms with Crippen molar-refractivity contribution in [2.45, 2.75) is 6.61 Å². The van der Waals surface area contributed by atoms with Gasteiger partial charge in [-0.15, -0.1) is 0 Å². The van der Waals surface area contributed by atoms with Gasteiger partial charge in [0.1, 0.15) is 28.7 Å². The van der Waals surface area contributed by atoms with Gasteiger partial charge in [0.25, 0.3) is 0 Å². The first-order chi connectivity index (χ1) is 10.2. The number of nitriles is 1. The van der Waals surface area contributed by atoms with Gasteiger partial charge in [-0.1, -0.05) is 6.07 Å². The maximum atomic E-state index is 13.4. The lowest BCUT2D eigenvalue weighted by Gasteiger charge is -2.05. The molecule has 2 N–H and O–H groups in total. The first kappa shape index (κ1) is 12.9. The molecule has 0 atom stereocenters. The molecule has 0 radical (unpaired) electrons. The number of anilines is 1. The van der Waals surface area contributed by atoms with E-state index >= 15 is 0 Å². The zero-order valence-corrected chi connectivity index (χ0v) is 10.8. The second kappa shape index (κ2) is 5.13. The van der Waals surface area contributed by atoms with Crippen molar-refractivity contribution in [1.82, 2.24) is 4.98 Å². The third kappa shape index (κ3) is 2.49. The number of aromatic nitrogens is 1. The molecular formula is C15H10FN3O2. The maximum Gasteiger partial charge on any atom is 0.233 e. The summed E-state index contributed by atoms with van der Waals surface area (Å²) in [7, 11) is 0. The van der Waals surface area contributed by atoms with E-state index in [0.29, 0.717) is 22.7 Å². The summed E-state index contributed by atoms with van der Waals surface area (Å²) in [6.45, 7) is -0.00722. The Morgan fingerprint density at radius 1 is 1.33 bits per heavy atom. The van der Waals surface area contributed by atoms with Crippen LogP contribution < -0.4 is 10.5 Å². The Labute approximate surface area is 119 Å². The fraction of sp³-hybridized carbons (Fsp3) is 0.0667. The van der Waals surface area contributed by atoms with Crippen LogP contribution in [0.15, 0.2) is 40.8 Å². The highest BCUT2D eigenvalue weighted by atomic mass is 19.1. The van der Waals surface area contributed by atoms with Crippen LogP contribution in [0.1, 0.15) is 11.5 Å². The van der Waals surface area contributed by atoms with E-state index in [-0.39, 0.29) is 17.9 Å². The molecule has 21 heavy (non-hydrogen) atoms. The Bertz CT molecular complexity index is 852.